The van der Waals surface area contributed by atoms with E-state index in [9.17, 15) is 0 Å². The summed E-state index contributed by atoms with van der Waals surface area (Å²) >= 11 is 0. The van der Waals surface area contributed by atoms with Crippen molar-refractivity contribution in [1.29, 1.82) is 0 Å². The molecule has 0 saturated heterocycles. The summed E-state index contributed by atoms with van der Waals surface area (Å²) in [6.45, 7) is 0. The average molecular weight is 351 g/mol. The minimum absolute atomic E-state index is 0. The number of hydrogen-bond acceptors (Lipinski definition) is 9. The van der Waals surface area contributed by atoms with Gasteiger partial charge in [-0.25, -0.2) is 0 Å². The molecule has 0 aromatic carbocycles. The molecule has 0 rings (SSSR count). The maximum absolute atomic E-state index is 8.52. The molecule has 0 N–H and O–H groups in total. The van der Waals surface area contributed by atoms with Crippen LogP contribution in [0.3, 0.4) is 0 Å². The zero-order valence-electron chi connectivity index (χ0n) is 6.46. The summed E-state index contributed by atoms with van der Waals surface area (Å²) < 4.78 is 25.6. The van der Waals surface area contributed by atoms with Gasteiger partial charge in [-0.3, -0.25) is 0 Å². The SMILES string of the molecule is O=[Si]([O-])[O-].O=[Si]([O-])[O-].O=[Si]([O-])[O-].[B].[Fe+3].[Fe+3]. The van der Waals surface area contributed by atoms with Gasteiger partial charge in [0.15, 0.2) is 0 Å². The molecule has 0 saturated carbocycles. The number of rotatable bonds is 0. The topological polar surface area (TPSA) is 190 Å². The van der Waals surface area contributed by atoms with Gasteiger partial charge in [0, 0.05) is 35.9 Å². The fourth-order valence-electron chi connectivity index (χ4n) is 0. The Morgan fingerprint density at radius 3 is 0.533 bits per heavy atom. The molecule has 0 aromatic heterocycles. The van der Waals surface area contributed by atoms with Crippen LogP contribution < -0.4 is 28.8 Å². The molecule has 0 atom stereocenters. The van der Waals surface area contributed by atoms with E-state index in [1.54, 1.807) is 0 Å². The van der Waals surface area contributed by atoms with Crippen molar-refractivity contribution in [3.8, 4) is 0 Å². The minimum atomic E-state index is -3.63. The summed E-state index contributed by atoms with van der Waals surface area (Å²) in [7, 11) is -10.9. The fourth-order valence-corrected chi connectivity index (χ4v) is 0. The second kappa shape index (κ2) is 29.2. The Morgan fingerprint density at radius 2 is 0.533 bits per heavy atom. The summed E-state index contributed by atoms with van der Waals surface area (Å²) in [4.78, 5) is 51.1. The molecule has 0 amide bonds. The molecule has 5 radical (unpaired) electrons. The third-order valence-electron chi connectivity index (χ3n) is 0. The van der Waals surface area contributed by atoms with Crippen LogP contribution in [0.5, 0.6) is 0 Å². The first kappa shape index (κ1) is 36.3. The van der Waals surface area contributed by atoms with Gasteiger partial charge in [0.1, 0.15) is 0 Å². The van der Waals surface area contributed by atoms with Crippen LogP contribution in [0.1, 0.15) is 0 Å². The number of hydrogen-bond donors (Lipinski definition) is 0. The van der Waals surface area contributed by atoms with E-state index < -0.39 is 27.5 Å². The van der Waals surface area contributed by atoms with Crippen molar-refractivity contribution in [3.05, 3.63) is 0 Å². The molecular weight excluding hydrogens is 351 g/mol. The van der Waals surface area contributed by atoms with Crippen LogP contribution in [-0.4, -0.2) is 35.9 Å². The monoisotopic (exact) mass is 351 g/mol. The van der Waals surface area contributed by atoms with Gasteiger partial charge in [0.2, 0.25) is 0 Å². The van der Waals surface area contributed by atoms with Gasteiger partial charge in [-0.1, -0.05) is 0 Å². The second-order valence-electron chi connectivity index (χ2n) is 0.750. The molecule has 0 heterocycles. The van der Waals surface area contributed by atoms with Crippen molar-refractivity contribution < 1.29 is 76.3 Å². The molecule has 0 spiro atoms. The molecule has 85 valence electrons. The Labute approximate surface area is 112 Å². The molecule has 0 fully saturated rings. The van der Waals surface area contributed by atoms with E-state index in [2.05, 4.69) is 0 Å². The quantitative estimate of drug-likeness (QED) is 0.381. The third kappa shape index (κ3) is 965000. The van der Waals surface area contributed by atoms with E-state index in [-0.39, 0.29) is 42.6 Å². The molecule has 0 aromatic rings. The smallest absolute Gasteiger partial charge is 0.672 e. The fraction of sp³-hybridized carbons (Fsp3) is 0. The van der Waals surface area contributed by atoms with Gasteiger partial charge in [0.05, 0.1) is 0 Å². The largest absolute Gasteiger partial charge is 3.00 e. The maximum Gasteiger partial charge on any atom is 3.00 e. The first-order valence-corrected chi connectivity index (χ1v) is 5.51. The normalized spacial score (nSPS) is 4.80. The van der Waals surface area contributed by atoms with E-state index in [0.29, 0.717) is 0 Å². The zero-order valence-corrected chi connectivity index (χ0v) is 11.7. The summed E-state index contributed by atoms with van der Waals surface area (Å²) in [5.41, 5.74) is 0. The van der Waals surface area contributed by atoms with Crippen LogP contribution in [0.15, 0.2) is 0 Å². The second-order valence-corrected chi connectivity index (χ2v) is 2.25. The van der Waals surface area contributed by atoms with Crippen LogP contribution >= 0.6 is 0 Å². The molecule has 0 unspecified atom stereocenters. The Kier molecular flexibility index (Phi) is 70.7. The van der Waals surface area contributed by atoms with E-state index >= 15 is 0 Å². The molecule has 0 aliphatic carbocycles. The van der Waals surface area contributed by atoms with Gasteiger partial charge in [-0.05, 0) is 0 Å². The standard InChI is InChI=1S/B.2Fe.3O3Si/c;;;3*1-4(2)3/q;2*+3;3*-2. The van der Waals surface area contributed by atoms with Gasteiger partial charge in [-0.15, -0.1) is 0 Å². The predicted molar refractivity (Wildman–Crippen MR) is 25.1 cm³/mol. The molecule has 0 aliphatic heterocycles. The van der Waals surface area contributed by atoms with E-state index in [4.69, 9.17) is 42.2 Å². The van der Waals surface area contributed by atoms with Crippen molar-refractivity contribution in [3.63, 3.8) is 0 Å². The van der Waals surface area contributed by atoms with Crippen LogP contribution in [0.4, 0.5) is 0 Å². The van der Waals surface area contributed by atoms with Crippen LogP contribution in [0, 0.1) is 0 Å². The molecule has 0 aliphatic rings. The van der Waals surface area contributed by atoms with Gasteiger partial charge in [-0.2, -0.15) is 0 Å². The van der Waals surface area contributed by atoms with Crippen molar-refractivity contribution in [2.45, 2.75) is 0 Å². The Morgan fingerprint density at radius 1 is 0.533 bits per heavy atom. The molecule has 9 nitrogen and oxygen atoms in total. The first-order valence-electron chi connectivity index (χ1n) is 1.84. The summed E-state index contributed by atoms with van der Waals surface area (Å²) in [6, 6.07) is 0. The van der Waals surface area contributed by atoms with Crippen molar-refractivity contribution in [2.24, 2.45) is 0 Å². The van der Waals surface area contributed by atoms with Crippen LogP contribution in [0.2, 0.25) is 0 Å². The first-order chi connectivity index (χ1) is 5.20. The van der Waals surface area contributed by atoms with E-state index in [1.807, 2.05) is 0 Å². The maximum atomic E-state index is 8.52. The molecule has 0 bridgehead atoms. The van der Waals surface area contributed by atoms with Crippen molar-refractivity contribution >= 4 is 35.9 Å². The van der Waals surface area contributed by atoms with E-state index in [0.717, 1.165) is 0 Å². The average Bonchev–Trinajstić information content (AvgIpc) is 1.54. The summed E-state index contributed by atoms with van der Waals surface area (Å²) in [6.07, 6.45) is 0. The van der Waals surface area contributed by atoms with Gasteiger partial charge < -0.3 is 42.2 Å². The molecule has 15 heavy (non-hydrogen) atoms. The Balaban J connectivity index is -0.0000000184. The van der Waals surface area contributed by atoms with Gasteiger partial charge >= 0.3 is 34.1 Å². The predicted octanol–water partition coefficient (Wildman–Crippen LogP) is -9.02. The van der Waals surface area contributed by atoms with Crippen LogP contribution in [-0.2, 0) is 47.5 Å². The molecule has 15 heteroatoms. The Hall–Kier alpha value is -0.0455. The van der Waals surface area contributed by atoms with Crippen molar-refractivity contribution in [1.82, 2.24) is 0 Å². The van der Waals surface area contributed by atoms with Crippen molar-refractivity contribution in [2.75, 3.05) is 0 Å². The van der Waals surface area contributed by atoms with E-state index in [1.165, 1.54) is 0 Å². The van der Waals surface area contributed by atoms with Crippen LogP contribution in [0.25, 0.3) is 0 Å². The third-order valence-corrected chi connectivity index (χ3v) is 0. The Bertz CT molecular complexity index is 121. The summed E-state index contributed by atoms with van der Waals surface area (Å²) in [5, 5.41) is 0. The molecular formula is BFe2O9Si3. The summed E-state index contributed by atoms with van der Waals surface area (Å²) in [5.74, 6) is 0. The van der Waals surface area contributed by atoms with Gasteiger partial charge in [0.25, 0.3) is 0 Å². The minimum Gasteiger partial charge on any atom is -0.672 e. The zero-order chi connectivity index (χ0) is 10.7.